The molecule has 1 atom stereocenters. The molecule has 0 unspecified atom stereocenters. The van der Waals surface area contributed by atoms with Gasteiger partial charge in [0.05, 0.1) is 23.8 Å². The van der Waals surface area contributed by atoms with Gasteiger partial charge in [0, 0.05) is 24.0 Å². The predicted octanol–water partition coefficient (Wildman–Crippen LogP) is 2.09. The molecule has 0 fully saturated rings. The minimum atomic E-state index is 0.147. The lowest BCUT2D eigenvalue weighted by Gasteiger charge is -2.23. The standard InChI is InChI=1S/C14H14N4O/c1-8-10-6-9(2-3-12(10)19-18-8)13-14-11(4-5-15-13)16-7-17-14/h2-3,6-7,13,15H,4-5H2,1H3,(H,16,17)/t13-/m1/s1. The number of fused-ring (bicyclic) bond motifs is 2. The van der Waals surface area contributed by atoms with E-state index in [0.717, 1.165) is 35.3 Å². The average molecular weight is 254 g/mol. The smallest absolute Gasteiger partial charge is 0.167 e. The topological polar surface area (TPSA) is 66.7 Å². The van der Waals surface area contributed by atoms with E-state index in [1.165, 1.54) is 11.3 Å². The van der Waals surface area contributed by atoms with Gasteiger partial charge in [-0.05, 0) is 24.6 Å². The lowest BCUT2D eigenvalue weighted by Crippen LogP contribution is -2.30. The Morgan fingerprint density at radius 3 is 3.26 bits per heavy atom. The normalized spacial score (nSPS) is 18.7. The van der Waals surface area contributed by atoms with Crippen LogP contribution in [0, 0.1) is 6.92 Å². The number of hydrogen-bond acceptors (Lipinski definition) is 4. The van der Waals surface area contributed by atoms with Gasteiger partial charge in [0.15, 0.2) is 5.58 Å². The maximum atomic E-state index is 5.25. The Morgan fingerprint density at radius 2 is 2.32 bits per heavy atom. The number of benzene rings is 1. The molecule has 4 rings (SSSR count). The van der Waals surface area contributed by atoms with Gasteiger partial charge in [0.1, 0.15) is 0 Å². The number of H-pyrrole nitrogens is 1. The number of hydrogen-bond donors (Lipinski definition) is 2. The van der Waals surface area contributed by atoms with Gasteiger partial charge >= 0.3 is 0 Å². The lowest BCUT2D eigenvalue weighted by atomic mass is 9.97. The molecule has 0 saturated carbocycles. The van der Waals surface area contributed by atoms with Crippen molar-refractivity contribution < 1.29 is 4.52 Å². The summed E-state index contributed by atoms with van der Waals surface area (Å²) >= 11 is 0. The summed E-state index contributed by atoms with van der Waals surface area (Å²) in [5.74, 6) is 0. The van der Waals surface area contributed by atoms with Gasteiger partial charge in [-0.2, -0.15) is 0 Å². The van der Waals surface area contributed by atoms with Crippen molar-refractivity contribution in [3.05, 3.63) is 47.2 Å². The van der Waals surface area contributed by atoms with Gasteiger partial charge < -0.3 is 14.8 Å². The third-order valence-electron chi connectivity index (χ3n) is 3.76. The minimum absolute atomic E-state index is 0.147. The first-order valence-electron chi connectivity index (χ1n) is 6.44. The Labute approximate surface area is 110 Å². The molecular weight excluding hydrogens is 240 g/mol. The Kier molecular flexibility index (Phi) is 2.22. The van der Waals surface area contributed by atoms with E-state index in [0.29, 0.717) is 0 Å². The van der Waals surface area contributed by atoms with Gasteiger partial charge in [0.2, 0.25) is 0 Å². The number of rotatable bonds is 1. The van der Waals surface area contributed by atoms with Crippen LogP contribution in [0.1, 0.15) is 28.7 Å². The number of aryl methyl sites for hydroxylation is 1. The van der Waals surface area contributed by atoms with Crippen LogP contribution < -0.4 is 5.32 Å². The van der Waals surface area contributed by atoms with Crippen LogP contribution >= 0.6 is 0 Å². The zero-order valence-electron chi connectivity index (χ0n) is 10.6. The van der Waals surface area contributed by atoms with Gasteiger partial charge in [-0.1, -0.05) is 11.2 Å². The number of aromatic amines is 1. The van der Waals surface area contributed by atoms with E-state index in [-0.39, 0.29) is 6.04 Å². The van der Waals surface area contributed by atoms with Crippen LogP contribution in [0.15, 0.2) is 29.0 Å². The van der Waals surface area contributed by atoms with Crippen molar-refractivity contribution in [2.45, 2.75) is 19.4 Å². The second-order valence-corrected chi connectivity index (χ2v) is 4.93. The third kappa shape index (κ3) is 1.58. The zero-order chi connectivity index (χ0) is 12.8. The van der Waals surface area contributed by atoms with Crippen molar-refractivity contribution in [3.8, 4) is 0 Å². The van der Waals surface area contributed by atoms with Gasteiger partial charge in [0.25, 0.3) is 0 Å². The minimum Gasteiger partial charge on any atom is -0.356 e. The molecule has 96 valence electrons. The summed E-state index contributed by atoms with van der Waals surface area (Å²) in [6.07, 6.45) is 2.77. The summed E-state index contributed by atoms with van der Waals surface area (Å²) in [5, 5.41) is 8.59. The predicted molar refractivity (Wildman–Crippen MR) is 70.9 cm³/mol. The number of nitrogens with one attached hydrogen (secondary N) is 2. The Morgan fingerprint density at radius 1 is 1.37 bits per heavy atom. The summed E-state index contributed by atoms with van der Waals surface area (Å²) in [5.41, 5.74) is 5.28. The first kappa shape index (κ1) is 10.8. The van der Waals surface area contributed by atoms with E-state index < -0.39 is 0 Å². The van der Waals surface area contributed by atoms with Crippen molar-refractivity contribution in [2.75, 3.05) is 6.54 Å². The summed E-state index contributed by atoms with van der Waals surface area (Å²) in [6, 6.07) is 6.35. The molecule has 1 aromatic carbocycles. The molecule has 0 amide bonds. The Bertz CT molecular complexity index is 743. The first-order valence-corrected chi connectivity index (χ1v) is 6.44. The van der Waals surface area contributed by atoms with Gasteiger partial charge in [-0.3, -0.25) is 0 Å². The molecular formula is C14H14N4O. The van der Waals surface area contributed by atoms with Crippen molar-refractivity contribution in [1.82, 2.24) is 20.4 Å². The highest BCUT2D eigenvalue weighted by Crippen LogP contribution is 2.29. The molecule has 0 saturated heterocycles. The molecule has 1 aliphatic heterocycles. The molecule has 2 N–H and O–H groups in total. The molecule has 2 aromatic heterocycles. The molecule has 3 aromatic rings. The van der Waals surface area contributed by atoms with Crippen LogP contribution in [0.25, 0.3) is 11.0 Å². The number of imidazole rings is 1. The number of nitrogens with zero attached hydrogens (tertiary/aromatic N) is 2. The van der Waals surface area contributed by atoms with Crippen LogP contribution in [-0.4, -0.2) is 21.7 Å². The highest BCUT2D eigenvalue weighted by Gasteiger charge is 2.24. The molecule has 5 nitrogen and oxygen atoms in total. The van der Waals surface area contributed by atoms with E-state index >= 15 is 0 Å². The van der Waals surface area contributed by atoms with Crippen LogP contribution in [0.3, 0.4) is 0 Å². The molecule has 0 radical (unpaired) electrons. The quantitative estimate of drug-likeness (QED) is 0.698. The molecule has 3 heterocycles. The second-order valence-electron chi connectivity index (χ2n) is 4.93. The van der Waals surface area contributed by atoms with E-state index in [1.807, 2.05) is 13.0 Å². The third-order valence-corrected chi connectivity index (χ3v) is 3.76. The first-order chi connectivity index (χ1) is 9.33. The molecule has 5 heteroatoms. The summed E-state index contributed by atoms with van der Waals surface area (Å²) in [6.45, 7) is 2.92. The monoisotopic (exact) mass is 254 g/mol. The fourth-order valence-electron chi connectivity index (χ4n) is 2.75. The molecule has 0 bridgehead atoms. The highest BCUT2D eigenvalue weighted by molar-refractivity contribution is 5.80. The second kappa shape index (κ2) is 3.93. The average Bonchev–Trinajstić information content (AvgIpc) is 3.05. The fourth-order valence-corrected chi connectivity index (χ4v) is 2.75. The molecule has 1 aliphatic rings. The zero-order valence-corrected chi connectivity index (χ0v) is 10.6. The summed E-state index contributed by atoms with van der Waals surface area (Å²) in [4.78, 5) is 7.67. The van der Waals surface area contributed by atoms with E-state index in [4.69, 9.17) is 4.52 Å². The van der Waals surface area contributed by atoms with Crippen LogP contribution in [0.4, 0.5) is 0 Å². The van der Waals surface area contributed by atoms with E-state index in [1.54, 1.807) is 6.33 Å². The maximum Gasteiger partial charge on any atom is 0.167 e. The molecule has 0 spiro atoms. The largest absolute Gasteiger partial charge is 0.356 e. The molecule has 19 heavy (non-hydrogen) atoms. The SMILES string of the molecule is Cc1noc2ccc([C@H]3NCCc4[nH]cnc43)cc12. The van der Waals surface area contributed by atoms with Crippen LogP contribution in [-0.2, 0) is 6.42 Å². The van der Waals surface area contributed by atoms with Gasteiger partial charge in [-0.15, -0.1) is 0 Å². The van der Waals surface area contributed by atoms with Crippen molar-refractivity contribution >= 4 is 11.0 Å². The van der Waals surface area contributed by atoms with E-state index in [2.05, 4.69) is 32.6 Å². The van der Waals surface area contributed by atoms with Gasteiger partial charge in [-0.25, -0.2) is 4.98 Å². The summed E-state index contributed by atoms with van der Waals surface area (Å²) in [7, 11) is 0. The lowest BCUT2D eigenvalue weighted by molar-refractivity contribution is 0.450. The fraction of sp³-hybridized carbons (Fsp3) is 0.286. The number of aromatic nitrogens is 3. The van der Waals surface area contributed by atoms with E-state index in [9.17, 15) is 0 Å². The Balaban J connectivity index is 1.85. The van der Waals surface area contributed by atoms with Crippen LogP contribution in [0.2, 0.25) is 0 Å². The molecule has 0 aliphatic carbocycles. The summed E-state index contributed by atoms with van der Waals surface area (Å²) < 4.78 is 5.25. The van der Waals surface area contributed by atoms with Crippen molar-refractivity contribution in [3.63, 3.8) is 0 Å². The highest BCUT2D eigenvalue weighted by atomic mass is 16.5. The van der Waals surface area contributed by atoms with Crippen LogP contribution in [0.5, 0.6) is 0 Å². The Hall–Kier alpha value is -2.14. The van der Waals surface area contributed by atoms with Crippen molar-refractivity contribution in [1.29, 1.82) is 0 Å². The van der Waals surface area contributed by atoms with Crippen molar-refractivity contribution in [2.24, 2.45) is 0 Å². The maximum absolute atomic E-state index is 5.25.